The highest BCUT2D eigenvalue weighted by Crippen LogP contribution is 2.27. The minimum atomic E-state index is 0.0346. The van der Waals surface area contributed by atoms with Gasteiger partial charge in [-0.05, 0) is 54.8 Å². The number of carbonyl (C=O) groups is 1. The second-order valence-corrected chi connectivity index (χ2v) is 8.32. The van der Waals surface area contributed by atoms with Gasteiger partial charge in [-0.2, -0.15) is 0 Å². The number of nitrogens with zero attached hydrogens (tertiary/aromatic N) is 1. The van der Waals surface area contributed by atoms with E-state index in [0.29, 0.717) is 6.54 Å². The van der Waals surface area contributed by atoms with Gasteiger partial charge in [-0.3, -0.25) is 4.79 Å². The topological polar surface area (TPSA) is 55.2 Å². The Balaban J connectivity index is 1.45. The van der Waals surface area contributed by atoms with Crippen molar-refractivity contribution in [2.75, 3.05) is 57.7 Å². The summed E-state index contributed by atoms with van der Waals surface area (Å²) in [6.45, 7) is 3.54. The van der Waals surface area contributed by atoms with Crippen LogP contribution in [-0.4, -0.2) is 53.4 Å². The van der Waals surface area contributed by atoms with Crippen molar-refractivity contribution in [3.8, 4) is 11.5 Å². The van der Waals surface area contributed by atoms with Crippen molar-refractivity contribution in [2.24, 2.45) is 0 Å². The van der Waals surface area contributed by atoms with Gasteiger partial charge in [-0.1, -0.05) is 18.9 Å². The SMILES string of the molecule is COc1ccc(CC[NH+](C)CC(=O)Nc2ccc(N3CCCCCC3)cc2)cc1OC. The first-order chi connectivity index (χ1) is 15.1. The van der Waals surface area contributed by atoms with Crippen LogP contribution in [0.1, 0.15) is 31.2 Å². The van der Waals surface area contributed by atoms with Gasteiger partial charge < -0.3 is 24.6 Å². The molecule has 3 rings (SSSR count). The van der Waals surface area contributed by atoms with Crippen LogP contribution in [0.15, 0.2) is 42.5 Å². The summed E-state index contributed by atoms with van der Waals surface area (Å²) in [5.41, 5.74) is 3.27. The van der Waals surface area contributed by atoms with Crippen LogP contribution in [0.3, 0.4) is 0 Å². The molecule has 0 bridgehead atoms. The highest BCUT2D eigenvalue weighted by atomic mass is 16.5. The zero-order valence-corrected chi connectivity index (χ0v) is 19.1. The fraction of sp³-hybridized carbons (Fsp3) is 0.480. The second kappa shape index (κ2) is 11.6. The lowest BCUT2D eigenvalue weighted by molar-refractivity contribution is -0.870. The number of methoxy groups -OCH3 is 2. The van der Waals surface area contributed by atoms with E-state index >= 15 is 0 Å². The Hall–Kier alpha value is -2.73. The highest BCUT2D eigenvalue weighted by molar-refractivity contribution is 5.91. The van der Waals surface area contributed by atoms with Gasteiger partial charge in [-0.25, -0.2) is 0 Å². The van der Waals surface area contributed by atoms with Gasteiger partial charge in [0, 0.05) is 30.9 Å². The van der Waals surface area contributed by atoms with E-state index in [1.54, 1.807) is 14.2 Å². The maximum atomic E-state index is 12.5. The van der Waals surface area contributed by atoms with E-state index in [1.165, 1.54) is 36.9 Å². The first kappa shape index (κ1) is 22.9. The summed E-state index contributed by atoms with van der Waals surface area (Å²) in [7, 11) is 5.32. The zero-order valence-electron chi connectivity index (χ0n) is 19.1. The molecular weight excluding hydrogens is 390 g/mol. The Labute approximate surface area is 186 Å². The molecule has 0 radical (unpaired) electrons. The van der Waals surface area contributed by atoms with Gasteiger partial charge in [0.05, 0.1) is 27.8 Å². The zero-order chi connectivity index (χ0) is 22.1. The third-order valence-corrected chi connectivity index (χ3v) is 5.87. The van der Waals surface area contributed by atoms with Crippen molar-refractivity contribution >= 4 is 17.3 Å². The summed E-state index contributed by atoms with van der Waals surface area (Å²) in [6, 6.07) is 14.2. The van der Waals surface area contributed by atoms with Crippen molar-refractivity contribution in [3.63, 3.8) is 0 Å². The monoisotopic (exact) mass is 426 g/mol. The number of nitrogens with one attached hydrogen (secondary N) is 2. The van der Waals surface area contributed by atoms with E-state index < -0.39 is 0 Å². The molecule has 1 aliphatic rings. The molecule has 1 saturated heterocycles. The second-order valence-electron chi connectivity index (χ2n) is 8.32. The van der Waals surface area contributed by atoms with Crippen molar-refractivity contribution in [1.29, 1.82) is 0 Å². The number of hydrogen-bond donors (Lipinski definition) is 2. The minimum absolute atomic E-state index is 0.0346. The van der Waals surface area contributed by atoms with Crippen LogP contribution >= 0.6 is 0 Å². The number of rotatable bonds is 9. The predicted molar refractivity (Wildman–Crippen MR) is 126 cm³/mol. The summed E-state index contributed by atoms with van der Waals surface area (Å²) in [6.07, 6.45) is 6.04. The van der Waals surface area contributed by atoms with Crippen molar-refractivity contribution in [3.05, 3.63) is 48.0 Å². The lowest BCUT2D eigenvalue weighted by Crippen LogP contribution is -3.10. The van der Waals surface area contributed by atoms with Gasteiger partial charge in [0.1, 0.15) is 0 Å². The molecule has 0 aromatic heterocycles. The van der Waals surface area contributed by atoms with Crippen LogP contribution in [0.4, 0.5) is 11.4 Å². The molecular formula is C25H36N3O3+. The Morgan fingerprint density at radius 1 is 0.968 bits per heavy atom. The average molecular weight is 427 g/mol. The third-order valence-electron chi connectivity index (χ3n) is 5.87. The molecule has 2 aromatic rings. The Kier molecular flexibility index (Phi) is 8.59. The molecule has 6 nitrogen and oxygen atoms in total. The number of carbonyl (C=O) groups excluding carboxylic acids is 1. The number of hydrogen-bond acceptors (Lipinski definition) is 4. The smallest absolute Gasteiger partial charge is 0.279 e. The van der Waals surface area contributed by atoms with E-state index in [-0.39, 0.29) is 5.91 Å². The first-order valence-corrected chi connectivity index (χ1v) is 11.3. The summed E-state index contributed by atoms with van der Waals surface area (Å²) in [5.74, 6) is 1.50. The fourth-order valence-electron chi connectivity index (χ4n) is 4.05. The molecule has 1 atom stereocenters. The van der Waals surface area contributed by atoms with Crippen molar-refractivity contribution in [2.45, 2.75) is 32.1 Å². The number of ether oxygens (including phenoxy) is 2. The molecule has 1 heterocycles. The average Bonchev–Trinajstić information content (AvgIpc) is 3.07. The van der Waals surface area contributed by atoms with Crippen LogP contribution in [0.2, 0.25) is 0 Å². The highest BCUT2D eigenvalue weighted by Gasteiger charge is 2.13. The van der Waals surface area contributed by atoms with Crippen molar-refractivity contribution < 1.29 is 19.2 Å². The molecule has 0 saturated carbocycles. The molecule has 1 aliphatic heterocycles. The molecule has 1 amide bonds. The summed E-state index contributed by atoms with van der Waals surface area (Å²) in [4.78, 5) is 16.1. The minimum Gasteiger partial charge on any atom is -0.493 e. The van der Waals surface area contributed by atoms with Crippen LogP contribution in [0.5, 0.6) is 11.5 Å². The number of likely N-dealkylation sites (N-methyl/N-ethyl adjacent to an activating group) is 1. The Morgan fingerprint density at radius 2 is 1.65 bits per heavy atom. The lowest BCUT2D eigenvalue weighted by Gasteiger charge is -2.22. The van der Waals surface area contributed by atoms with Gasteiger partial charge in [0.2, 0.25) is 0 Å². The largest absolute Gasteiger partial charge is 0.493 e. The van der Waals surface area contributed by atoms with Crippen LogP contribution in [0, 0.1) is 0 Å². The molecule has 0 spiro atoms. The van der Waals surface area contributed by atoms with Gasteiger partial charge in [0.15, 0.2) is 18.0 Å². The molecule has 2 N–H and O–H groups in total. The Morgan fingerprint density at radius 3 is 2.29 bits per heavy atom. The molecule has 31 heavy (non-hydrogen) atoms. The van der Waals surface area contributed by atoms with E-state index in [2.05, 4.69) is 22.3 Å². The maximum absolute atomic E-state index is 12.5. The Bertz CT molecular complexity index is 830. The maximum Gasteiger partial charge on any atom is 0.279 e. The molecule has 2 aromatic carbocycles. The standard InChI is InChI=1S/C25H35N3O3/c1-27(17-14-20-8-13-23(30-2)24(18-20)31-3)19-25(29)26-21-9-11-22(12-10-21)28-15-6-4-5-7-16-28/h8-13,18H,4-7,14-17,19H2,1-3H3,(H,26,29)/p+1. The summed E-state index contributed by atoms with van der Waals surface area (Å²) in [5, 5.41) is 3.03. The van der Waals surface area contributed by atoms with Gasteiger partial charge in [0.25, 0.3) is 5.91 Å². The predicted octanol–water partition coefficient (Wildman–Crippen LogP) is 2.78. The molecule has 168 valence electrons. The molecule has 1 unspecified atom stereocenters. The summed E-state index contributed by atoms with van der Waals surface area (Å²) >= 11 is 0. The van der Waals surface area contributed by atoms with Gasteiger partial charge >= 0.3 is 0 Å². The first-order valence-electron chi connectivity index (χ1n) is 11.3. The van der Waals surface area contributed by atoms with E-state index in [1.807, 2.05) is 37.4 Å². The molecule has 1 fully saturated rings. The summed E-state index contributed by atoms with van der Waals surface area (Å²) < 4.78 is 10.7. The lowest BCUT2D eigenvalue weighted by atomic mass is 10.1. The number of anilines is 2. The van der Waals surface area contributed by atoms with Gasteiger partial charge in [-0.15, -0.1) is 0 Å². The van der Waals surface area contributed by atoms with Crippen LogP contribution in [-0.2, 0) is 11.2 Å². The normalized spacial score (nSPS) is 15.1. The number of benzene rings is 2. The van der Waals surface area contributed by atoms with Crippen LogP contribution in [0.25, 0.3) is 0 Å². The van der Waals surface area contributed by atoms with Crippen molar-refractivity contribution in [1.82, 2.24) is 0 Å². The fourth-order valence-corrected chi connectivity index (χ4v) is 4.05. The van der Waals surface area contributed by atoms with Crippen LogP contribution < -0.4 is 24.6 Å². The number of amides is 1. The number of quaternary nitrogens is 1. The quantitative estimate of drug-likeness (QED) is 0.648. The van der Waals surface area contributed by atoms with E-state index in [4.69, 9.17) is 9.47 Å². The van der Waals surface area contributed by atoms with E-state index in [9.17, 15) is 4.79 Å². The molecule has 6 heteroatoms. The molecule has 0 aliphatic carbocycles. The van der Waals surface area contributed by atoms with E-state index in [0.717, 1.165) is 48.1 Å². The third kappa shape index (κ3) is 6.89.